The van der Waals surface area contributed by atoms with Gasteiger partial charge < -0.3 is 26.0 Å². The molecule has 0 aliphatic carbocycles. The van der Waals surface area contributed by atoms with Crippen LogP contribution in [0.4, 0.5) is 22.7 Å². The number of hydrogen-bond donors (Lipinski definition) is 4. The van der Waals surface area contributed by atoms with Crippen LogP contribution in [0.3, 0.4) is 0 Å². The van der Waals surface area contributed by atoms with E-state index in [1.54, 1.807) is 31.4 Å². The van der Waals surface area contributed by atoms with Crippen molar-refractivity contribution in [3.8, 4) is 5.75 Å². The third-order valence-corrected chi connectivity index (χ3v) is 4.82. The van der Waals surface area contributed by atoms with Crippen molar-refractivity contribution in [1.82, 2.24) is 0 Å². The molecule has 3 aromatic rings. The minimum Gasteiger partial charge on any atom is -0.495 e. The van der Waals surface area contributed by atoms with Crippen LogP contribution >= 0.6 is 47.6 Å². The Balaban J connectivity index is 1.66. The van der Waals surface area contributed by atoms with Crippen molar-refractivity contribution in [2.75, 3.05) is 28.4 Å². The second-order valence-electron chi connectivity index (χ2n) is 6.09. The van der Waals surface area contributed by atoms with Crippen LogP contribution in [0.5, 0.6) is 5.75 Å². The SMILES string of the molecule is COc1ccc(NC(=S)Nc2ccc(Cl)cc2)cc1NC(=S)Nc1ccc(Cl)cc1. The zero-order valence-electron chi connectivity index (χ0n) is 15.8. The smallest absolute Gasteiger partial charge is 0.175 e. The van der Waals surface area contributed by atoms with E-state index in [-0.39, 0.29) is 0 Å². The monoisotopic (exact) mass is 476 g/mol. The number of nitrogens with one attached hydrogen (secondary N) is 4. The number of anilines is 4. The minimum atomic E-state index is 0.412. The van der Waals surface area contributed by atoms with E-state index in [1.165, 1.54) is 0 Å². The molecule has 4 N–H and O–H groups in total. The van der Waals surface area contributed by atoms with E-state index in [1.807, 2.05) is 42.5 Å². The van der Waals surface area contributed by atoms with Gasteiger partial charge in [-0.1, -0.05) is 23.2 Å². The molecule has 0 fully saturated rings. The third-order valence-electron chi connectivity index (χ3n) is 3.91. The lowest BCUT2D eigenvalue weighted by Crippen LogP contribution is -2.21. The third kappa shape index (κ3) is 6.47. The molecule has 0 saturated carbocycles. The average Bonchev–Trinajstić information content (AvgIpc) is 2.71. The van der Waals surface area contributed by atoms with Gasteiger partial charge in [0.2, 0.25) is 0 Å². The van der Waals surface area contributed by atoms with Crippen LogP contribution in [-0.4, -0.2) is 17.3 Å². The molecule has 0 aliphatic rings. The lowest BCUT2D eigenvalue weighted by molar-refractivity contribution is 0.417. The highest BCUT2D eigenvalue weighted by molar-refractivity contribution is 7.81. The van der Waals surface area contributed by atoms with E-state index >= 15 is 0 Å². The maximum Gasteiger partial charge on any atom is 0.175 e. The summed E-state index contributed by atoms with van der Waals surface area (Å²) in [5, 5.41) is 14.7. The predicted octanol–water partition coefficient (Wildman–Crippen LogP) is 6.62. The van der Waals surface area contributed by atoms with Gasteiger partial charge in [0.1, 0.15) is 5.75 Å². The van der Waals surface area contributed by atoms with Crippen molar-refractivity contribution in [2.45, 2.75) is 0 Å². The van der Waals surface area contributed by atoms with Gasteiger partial charge in [0.25, 0.3) is 0 Å². The molecule has 0 aliphatic heterocycles. The second kappa shape index (κ2) is 10.4. The van der Waals surface area contributed by atoms with Gasteiger partial charge in [-0.25, -0.2) is 0 Å². The van der Waals surface area contributed by atoms with Crippen molar-refractivity contribution in [3.05, 3.63) is 76.8 Å². The summed E-state index contributed by atoms with van der Waals surface area (Å²) in [4.78, 5) is 0. The van der Waals surface area contributed by atoms with E-state index in [2.05, 4.69) is 21.3 Å². The van der Waals surface area contributed by atoms with E-state index in [4.69, 9.17) is 52.4 Å². The summed E-state index contributed by atoms with van der Waals surface area (Å²) < 4.78 is 5.42. The quantitative estimate of drug-likeness (QED) is 0.308. The average molecular weight is 477 g/mol. The second-order valence-corrected chi connectivity index (χ2v) is 7.78. The van der Waals surface area contributed by atoms with E-state index in [9.17, 15) is 0 Å². The van der Waals surface area contributed by atoms with Crippen molar-refractivity contribution in [2.24, 2.45) is 0 Å². The fourth-order valence-electron chi connectivity index (χ4n) is 2.53. The Morgan fingerprint density at radius 2 is 1.10 bits per heavy atom. The number of benzene rings is 3. The van der Waals surface area contributed by atoms with Crippen LogP contribution in [0.25, 0.3) is 0 Å². The van der Waals surface area contributed by atoms with Gasteiger partial charge >= 0.3 is 0 Å². The van der Waals surface area contributed by atoms with Crippen LogP contribution in [0.1, 0.15) is 0 Å². The van der Waals surface area contributed by atoms with Gasteiger partial charge in [0.15, 0.2) is 10.2 Å². The molecule has 0 atom stereocenters. The summed E-state index contributed by atoms with van der Waals surface area (Å²) in [5.74, 6) is 0.636. The zero-order valence-corrected chi connectivity index (χ0v) is 19.0. The van der Waals surface area contributed by atoms with Crippen molar-refractivity contribution < 1.29 is 4.74 Å². The fourth-order valence-corrected chi connectivity index (χ4v) is 3.24. The van der Waals surface area contributed by atoms with E-state index in [0.717, 1.165) is 17.1 Å². The Kier molecular flexibility index (Phi) is 7.70. The first-order valence-corrected chi connectivity index (χ1v) is 10.4. The summed E-state index contributed by atoms with van der Waals surface area (Å²) in [7, 11) is 1.59. The number of hydrogen-bond acceptors (Lipinski definition) is 3. The van der Waals surface area contributed by atoms with Crippen LogP contribution in [-0.2, 0) is 0 Å². The molecule has 9 heteroatoms. The lowest BCUT2D eigenvalue weighted by atomic mass is 10.2. The fraction of sp³-hybridized carbons (Fsp3) is 0.0476. The lowest BCUT2D eigenvalue weighted by Gasteiger charge is -2.16. The number of halogens is 2. The summed E-state index contributed by atoms with van der Waals surface area (Å²) in [6.45, 7) is 0. The highest BCUT2D eigenvalue weighted by Gasteiger charge is 2.08. The van der Waals surface area contributed by atoms with Crippen molar-refractivity contribution in [1.29, 1.82) is 0 Å². The molecule has 3 aromatic carbocycles. The molecule has 30 heavy (non-hydrogen) atoms. The molecule has 0 spiro atoms. The standard InChI is InChI=1S/C21H18Cl2N4OS2/c1-28-19-11-10-17(26-20(29)24-15-6-2-13(22)3-7-15)12-18(19)27-21(30)25-16-8-4-14(23)5-9-16/h2-12H,1H3,(H2,24,26,29)(H2,25,27,30). The summed E-state index contributed by atoms with van der Waals surface area (Å²) in [6, 6.07) is 20.0. The van der Waals surface area contributed by atoms with Gasteiger partial charge in [0, 0.05) is 27.1 Å². The maximum absolute atomic E-state index is 5.91. The van der Waals surface area contributed by atoms with Crippen molar-refractivity contribution in [3.63, 3.8) is 0 Å². The molecular formula is C21H18Cl2N4OS2. The Morgan fingerprint density at radius 3 is 1.60 bits per heavy atom. The van der Waals surface area contributed by atoms with Gasteiger partial charge in [-0.3, -0.25) is 0 Å². The van der Waals surface area contributed by atoms with E-state index < -0.39 is 0 Å². The predicted molar refractivity (Wildman–Crippen MR) is 136 cm³/mol. The molecule has 0 heterocycles. The Bertz CT molecular complexity index is 1040. The number of ether oxygens (including phenoxy) is 1. The molecule has 0 amide bonds. The Morgan fingerprint density at radius 1 is 0.667 bits per heavy atom. The van der Waals surface area contributed by atoms with Crippen LogP contribution in [0.2, 0.25) is 10.0 Å². The molecule has 0 aromatic heterocycles. The minimum absolute atomic E-state index is 0.412. The van der Waals surface area contributed by atoms with Gasteiger partial charge in [-0.05, 0) is 91.2 Å². The maximum atomic E-state index is 5.91. The van der Waals surface area contributed by atoms with E-state index in [0.29, 0.717) is 31.7 Å². The first kappa shape index (κ1) is 22.1. The molecule has 5 nitrogen and oxygen atoms in total. The molecule has 3 rings (SSSR count). The normalized spacial score (nSPS) is 10.1. The van der Waals surface area contributed by atoms with Gasteiger partial charge in [0.05, 0.1) is 12.8 Å². The number of thiocarbonyl (C=S) groups is 2. The molecule has 0 radical (unpaired) electrons. The zero-order chi connectivity index (χ0) is 21.5. The molecule has 154 valence electrons. The summed E-state index contributed by atoms with van der Waals surface area (Å²) in [5.41, 5.74) is 3.10. The largest absolute Gasteiger partial charge is 0.495 e. The summed E-state index contributed by atoms with van der Waals surface area (Å²) >= 11 is 22.6. The topological polar surface area (TPSA) is 57.4 Å². The first-order valence-electron chi connectivity index (χ1n) is 8.78. The van der Waals surface area contributed by atoms with Crippen molar-refractivity contribution >= 4 is 80.6 Å². The summed E-state index contributed by atoms with van der Waals surface area (Å²) in [6.07, 6.45) is 0. The Hall–Kier alpha value is -2.58. The highest BCUT2D eigenvalue weighted by atomic mass is 35.5. The Labute approximate surface area is 195 Å². The van der Waals surface area contributed by atoms with Gasteiger partial charge in [-0.15, -0.1) is 0 Å². The number of methoxy groups -OCH3 is 1. The number of rotatable bonds is 5. The van der Waals surface area contributed by atoms with Crippen LogP contribution in [0, 0.1) is 0 Å². The van der Waals surface area contributed by atoms with Crippen LogP contribution in [0.15, 0.2) is 66.7 Å². The molecule has 0 unspecified atom stereocenters. The molecule has 0 saturated heterocycles. The van der Waals surface area contributed by atoms with Gasteiger partial charge in [-0.2, -0.15) is 0 Å². The highest BCUT2D eigenvalue weighted by Crippen LogP contribution is 2.28. The van der Waals surface area contributed by atoms with Crippen LogP contribution < -0.4 is 26.0 Å². The first-order chi connectivity index (χ1) is 14.4. The molecule has 0 bridgehead atoms. The molecular weight excluding hydrogens is 459 g/mol.